The van der Waals surface area contributed by atoms with Gasteiger partial charge in [-0.3, -0.25) is 4.79 Å². The lowest BCUT2D eigenvalue weighted by atomic mass is 9.97. The van der Waals surface area contributed by atoms with E-state index in [-0.39, 0.29) is 24.3 Å². The summed E-state index contributed by atoms with van der Waals surface area (Å²) in [6, 6.07) is 5.18. The van der Waals surface area contributed by atoms with Crippen LogP contribution in [0.3, 0.4) is 0 Å². The summed E-state index contributed by atoms with van der Waals surface area (Å²) in [6.45, 7) is 2.19. The Kier molecular flexibility index (Phi) is 5.85. The molecule has 1 heterocycles. The summed E-state index contributed by atoms with van der Waals surface area (Å²) in [5.74, 6) is 1.54. The number of likely N-dealkylation sites (tertiary alicyclic amines) is 1. The lowest BCUT2D eigenvalue weighted by Gasteiger charge is -2.20. The highest BCUT2D eigenvalue weighted by Crippen LogP contribution is 2.28. The minimum Gasteiger partial charge on any atom is -0.497 e. The van der Waals surface area contributed by atoms with E-state index in [4.69, 9.17) is 9.47 Å². The van der Waals surface area contributed by atoms with Crippen molar-refractivity contribution in [3.05, 3.63) is 23.8 Å². The van der Waals surface area contributed by atoms with Gasteiger partial charge in [0.15, 0.2) is 0 Å². The number of nitrogens with zero attached hydrogens (tertiary/aromatic N) is 2. The van der Waals surface area contributed by atoms with Crippen molar-refractivity contribution in [2.45, 2.75) is 0 Å². The predicted octanol–water partition coefficient (Wildman–Crippen LogP) is 0.946. The van der Waals surface area contributed by atoms with Crippen LogP contribution in [-0.4, -0.2) is 75.4 Å². The van der Waals surface area contributed by atoms with Crippen LogP contribution in [0.5, 0.6) is 11.5 Å². The molecule has 1 aliphatic heterocycles. The highest BCUT2D eigenvalue weighted by atomic mass is 16.5. The van der Waals surface area contributed by atoms with Gasteiger partial charge in [0.05, 0.1) is 14.2 Å². The standard InChI is InChI=1S/C17H26N2O4/c1-18(2)8-13-9-19(10-14(13)11-20)17(21)12-5-15(22-3)7-16(6-12)23-4/h5-7,13-14,20H,8-11H2,1-4H3/t13-,14-/m1/s1. The van der Waals surface area contributed by atoms with E-state index in [0.717, 1.165) is 6.54 Å². The third kappa shape index (κ3) is 4.14. The van der Waals surface area contributed by atoms with Crippen molar-refractivity contribution in [1.29, 1.82) is 0 Å². The van der Waals surface area contributed by atoms with E-state index in [1.54, 1.807) is 32.4 Å². The average Bonchev–Trinajstić information content (AvgIpc) is 2.95. The maximum Gasteiger partial charge on any atom is 0.254 e. The zero-order valence-electron chi connectivity index (χ0n) is 14.3. The molecule has 1 fully saturated rings. The Morgan fingerprint density at radius 3 is 2.22 bits per heavy atom. The van der Waals surface area contributed by atoms with Crippen LogP contribution < -0.4 is 9.47 Å². The fraction of sp³-hybridized carbons (Fsp3) is 0.588. The molecule has 1 aliphatic rings. The Labute approximate surface area is 137 Å². The van der Waals surface area contributed by atoms with Crippen LogP contribution in [0.4, 0.5) is 0 Å². The van der Waals surface area contributed by atoms with Gasteiger partial charge in [0.2, 0.25) is 0 Å². The number of amides is 1. The summed E-state index contributed by atoms with van der Waals surface area (Å²) in [7, 11) is 7.14. The van der Waals surface area contributed by atoms with Crippen LogP contribution in [0, 0.1) is 11.8 Å². The van der Waals surface area contributed by atoms with Gasteiger partial charge in [-0.15, -0.1) is 0 Å². The number of carbonyl (C=O) groups excluding carboxylic acids is 1. The molecule has 0 spiro atoms. The summed E-state index contributed by atoms with van der Waals surface area (Å²) in [5, 5.41) is 9.59. The minimum absolute atomic E-state index is 0.0538. The van der Waals surface area contributed by atoms with Crippen LogP contribution >= 0.6 is 0 Å². The SMILES string of the molecule is COc1cc(OC)cc(C(=O)N2C[C@@H](CN(C)C)[C@@H](CO)C2)c1. The van der Waals surface area contributed by atoms with Crippen molar-refractivity contribution < 1.29 is 19.4 Å². The van der Waals surface area contributed by atoms with E-state index in [0.29, 0.717) is 30.2 Å². The maximum atomic E-state index is 12.8. The molecular weight excluding hydrogens is 296 g/mol. The first-order valence-electron chi connectivity index (χ1n) is 7.76. The summed E-state index contributed by atoms with van der Waals surface area (Å²) in [6.07, 6.45) is 0. The second-order valence-corrected chi connectivity index (χ2v) is 6.28. The zero-order chi connectivity index (χ0) is 17.0. The van der Waals surface area contributed by atoms with Gasteiger partial charge < -0.3 is 24.4 Å². The molecule has 0 unspecified atom stereocenters. The lowest BCUT2D eigenvalue weighted by Crippen LogP contribution is -2.30. The van der Waals surface area contributed by atoms with Gasteiger partial charge in [0.1, 0.15) is 11.5 Å². The molecular formula is C17H26N2O4. The number of carbonyl (C=O) groups is 1. The van der Waals surface area contributed by atoms with Crippen LogP contribution in [-0.2, 0) is 0 Å². The van der Waals surface area contributed by atoms with Gasteiger partial charge in [-0.25, -0.2) is 0 Å². The number of benzene rings is 1. The Bertz CT molecular complexity index is 525. The molecule has 1 saturated heterocycles. The molecule has 1 N–H and O–H groups in total. The molecule has 128 valence electrons. The normalized spacial score (nSPS) is 20.9. The van der Waals surface area contributed by atoms with Crippen molar-refractivity contribution in [3.8, 4) is 11.5 Å². The lowest BCUT2D eigenvalue weighted by molar-refractivity contribution is 0.0779. The summed E-state index contributed by atoms with van der Waals surface area (Å²) >= 11 is 0. The number of hydrogen-bond acceptors (Lipinski definition) is 5. The predicted molar refractivity (Wildman–Crippen MR) is 88.1 cm³/mol. The summed E-state index contributed by atoms with van der Waals surface area (Å²) in [5.41, 5.74) is 0.545. The van der Waals surface area contributed by atoms with Crippen molar-refractivity contribution in [3.63, 3.8) is 0 Å². The van der Waals surface area contributed by atoms with E-state index in [1.165, 1.54) is 0 Å². The molecule has 0 aliphatic carbocycles. The monoisotopic (exact) mass is 322 g/mol. The van der Waals surface area contributed by atoms with Crippen molar-refractivity contribution in [1.82, 2.24) is 9.80 Å². The number of aliphatic hydroxyl groups excluding tert-OH is 1. The molecule has 2 atom stereocenters. The first-order valence-corrected chi connectivity index (χ1v) is 7.76. The van der Waals surface area contributed by atoms with Crippen LogP contribution in [0.15, 0.2) is 18.2 Å². The number of ether oxygens (including phenoxy) is 2. The summed E-state index contributed by atoms with van der Waals surface area (Å²) < 4.78 is 10.5. The molecule has 6 heteroatoms. The molecule has 0 bridgehead atoms. The van der Waals surface area contributed by atoms with Crippen molar-refractivity contribution >= 4 is 5.91 Å². The van der Waals surface area contributed by atoms with Crippen molar-refractivity contribution in [2.24, 2.45) is 11.8 Å². The molecule has 0 saturated carbocycles. The second-order valence-electron chi connectivity index (χ2n) is 6.28. The topological polar surface area (TPSA) is 62.2 Å². The molecule has 1 amide bonds. The molecule has 2 rings (SSSR count). The summed E-state index contributed by atoms with van der Waals surface area (Å²) in [4.78, 5) is 16.7. The average molecular weight is 322 g/mol. The van der Waals surface area contributed by atoms with Gasteiger partial charge >= 0.3 is 0 Å². The van der Waals surface area contributed by atoms with Gasteiger partial charge in [0, 0.05) is 43.8 Å². The fourth-order valence-corrected chi connectivity index (χ4v) is 3.10. The van der Waals surface area contributed by atoms with E-state index in [2.05, 4.69) is 4.90 Å². The van der Waals surface area contributed by atoms with Gasteiger partial charge in [-0.05, 0) is 32.1 Å². The molecule has 0 radical (unpaired) electrons. The Hall–Kier alpha value is -1.79. The molecule has 6 nitrogen and oxygen atoms in total. The van der Waals surface area contributed by atoms with Crippen LogP contribution in [0.25, 0.3) is 0 Å². The largest absolute Gasteiger partial charge is 0.497 e. The van der Waals surface area contributed by atoms with E-state index < -0.39 is 0 Å². The zero-order valence-corrected chi connectivity index (χ0v) is 14.3. The fourth-order valence-electron chi connectivity index (χ4n) is 3.10. The first kappa shape index (κ1) is 17.6. The quantitative estimate of drug-likeness (QED) is 0.845. The van der Waals surface area contributed by atoms with E-state index >= 15 is 0 Å². The third-order valence-corrected chi connectivity index (χ3v) is 4.30. The maximum absolute atomic E-state index is 12.8. The number of rotatable bonds is 6. The van der Waals surface area contributed by atoms with Gasteiger partial charge in [0.25, 0.3) is 5.91 Å². The first-order chi connectivity index (χ1) is 11.0. The minimum atomic E-state index is -0.0538. The number of methoxy groups -OCH3 is 2. The molecule has 1 aromatic carbocycles. The Morgan fingerprint density at radius 1 is 1.17 bits per heavy atom. The van der Waals surface area contributed by atoms with Crippen molar-refractivity contribution in [2.75, 3.05) is 54.6 Å². The molecule has 1 aromatic rings. The van der Waals surface area contributed by atoms with E-state index in [1.807, 2.05) is 19.0 Å². The Balaban J connectivity index is 2.17. The van der Waals surface area contributed by atoms with Crippen LogP contribution in [0.2, 0.25) is 0 Å². The highest BCUT2D eigenvalue weighted by molar-refractivity contribution is 5.95. The van der Waals surface area contributed by atoms with Crippen LogP contribution in [0.1, 0.15) is 10.4 Å². The Morgan fingerprint density at radius 2 is 1.74 bits per heavy atom. The smallest absolute Gasteiger partial charge is 0.254 e. The highest BCUT2D eigenvalue weighted by Gasteiger charge is 2.35. The molecule has 0 aromatic heterocycles. The number of hydrogen-bond donors (Lipinski definition) is 1. The van der Waals surface area contributed by atoms with Gasteiger partial charge in [-0.2, -0.15) is 0 Å². The van der Waals surface area contributed by atoms with Gasteiger partial charge in [-0.1, -0.05) is 0 Å². The number of aliphatic hydroxyl groups is 1. The second kappa shape index (κ2) is 7.66. The van der Waals surface area contributed by atoms with E-state index in [9.17, 15) is 9.90 Å². The molecule has 23 heavy (non-hydrogen) atoms. The third-order valence-electron chi connectivity index (χ3n) is 4.30.